The standard InChI is InChI=1S/C6H15NO2/c1-7(2)9-6-4-5-8-3/h4-6H2,1-3H3. The van der Waals surface area contributed by atoms with Crippen molar-refractivity contribution in [3.05, 3.63) is 0 Å². The van der Waals surface area contributed by atoms with Gasteiger partial charge in [-0.05, 0) is 6.42 Å². The molecule has 0 heterocycles. The normalized spacial score (nSPS) is 10.7. The first-order chi connectivity index (χ1) is 4.27. The average Bonchev–Trinajstić information content (AvgIpc) is 1.80. The monoisotopic (exact) mass is 133 g/mol. The highest BCUT2D eigenvalue weighted by Crippen LogP contribution is 1.84. The lowest BCUT2D eigenvalue weighted by Crippen LogP contribution is -2.13. The van der Waals surface area contributed by atoms with Crippen LogP contribution in [0, 0.1) is 0 Å². The molecule has 56 valence electrons. The summed E-state index contributed by atoms with van der Waals surface area (Å²) in [5.74, 6) is 0. The molecular weight excluding hydrogens is 118 g/mol. The van der Waals surface area contributed by atoms with Crippen molar-refractivity contribution >= 4 is 0 Å². The summed E-state index contributed by atoms with van der Waals surface area (Å²) in [6.07, 6.45) is 0.953. The topological polar surface area (TPSA) is 21.7 Å². The number of methoxy groups -OCH3 is 1. The lowest BCUT2D eigenvalue weighted by Gasteiger charge is -2.08. The Morgan fingerprint density at radius 2 is 1.89 bits per heavy atom. The van der Waals surface area contributed by atoms with Crippen LogP contribution in [0.4, 0.5) is 0 Å². The van der Waals surface area contributed by atoms with Crippen molar-refractivity contribution < 1.29 is 9.57 Å². The van der Waals surface area contributed by atoms with Gasteiger partial charge in [0, 0.05) is 27.8 Å². The van der Waals surface area contributed by atoms with E-state index in [1.165, 1.54) is 0 Å². The minimum absolute atomic E-state index is 0.737. The third-order valence-electron chi connectivity index (χ3n) is 0.842. The second-order valence-electron chi connectivity index (χ2n) is 1.99. The minimum Gasteiger partial charge on any atom is -0.385 e. The average molecular weight is 133 g/mol. The van der Waals surface area contributed by atoms with Crippen molar-refractivity contribution in [3.63, 3.8) is 0 Å². The quantitative estimate of drug-likeness (QED) is 0.403. The largest absolute Gasteiger partial charge is 0.385 e. The predicted octanol–water partition coefficient (Wildman–Crippen LogP) is 0.516. The number of rotatable bonds is 5. The van der Waals surface area contributed by atoms with Crippen LogP contribution in [0.1, 0.15) is 6.42 Å². The van der Waals surface area contributed by atoms with E-state index in [2.05, 4.69) is 0 Å². The second-order valence-corrected chi connectivity index (χ2v) is 1.99. The van der Waals surface area contributed by atoms with Crippen LogP contribution < -0.4 is 0 Å². The van der Waals surface area contributed by atoms with Gasteiger partial charge in [-0.2, -0.15) is 5.06 Å². The smallest absolute Gasteiger partial charge is 0.0706 e. The summed E-state index contributed by atoms with van der Waals surface area (Å²) in [5.41, 5.74) is 0. The molecule has 0 rings (SSSR count). The maximum Gasteiger partial charge on any atom is 0.0706 e. The molecule has 3 heteroatoms. The summed E-state index contributed by atoms with van der Waals surface area (Å²) in [7, 11) is 5.43. The first-order valence-electron chi connectivity index (χ1n) is 3.06. The highest BCUT2D eigenvalue weighted by Gasteiger charge is 1.88. The Kier molecular flexibility index (Phi) is 5.93. The number of hydroxylamine groups is 2. The summed E-state index contributed by atoms with van der Waals surface area (Å²) in [6.45, 7) is 1.51. The Balaban J connectivity index is 2.75. The first kappa shape index (κ1) is 8.88. The van der Waals surface area contributed by atoms with E-state index < -0.39 is 0 Å². The summed E-state index contributed by atoms with van der Waals surface area (Å²) in [5, 5.41) is 1.69. The van der Waals surface area contributed by atoms with E-state index in [0.29, 0.717) is 0 Å². The maximum atomic E-state index is 5.10. The molecular formula is C6H15NO2. The van der Waals surface area contributed by atoms with E-state index in [-0.39, 0.29) is 0 Å². The van der Waals surface area contributed by atoms with Gasteiger partial charge in [0.1, 0.15) is 0 Å². The molecule has 0 radical (unpaired) electrons. The molecule has 0 aromatic heterocycles. The molecule has 9 heavy (non-hydrogen) atoms. The summed E-state index contributed by atoms with van der Waals surface area (Å²) in [4.78, 5) is 5.10. The Morgan fingerprint density at radius 1 is 1.22 bits per heavy atom. The zero-order chi connectivity index (χ0) is 7.11. The van der Waals surface area contributed by atoms with Crippen molar-refractivity contribution in [1.29, 1.82) is 0 Å². The van der Waals surface area contributed by atoms with Gasteiger partial charge < -0.3 is 4.74 Å². The van der Waals surface area contributed by atoms with E-state index in [0.717, 1.165) is 19.6 Å². The zero-order valence-electron chi connectivity index (χ0n) is 6.39. The van der Waals surface area contributed by atoms with E-state index >= 15 is 0 Å². The van der Waals surface area contributed by atoms with E-state index in [1.54, 1.807) is 12.2 Å². The molecule has 0 N–H and O–H groups in total. The van der Waals surface area contributed by atoms with Gasteiger partial charge in [-0.25, -0.2) is 0 Å². The highest BCUT2D eigenvalue weighted by molar-refractivity contribution is 4.29. The van der Waals surface area contributed by atoms with Gasteiger partial charge in [-0.1, -0.05) is 0 Å². The molecule has 0 aromatic carbocycles. The summed E-state index contributed by atoms with van der Waals surface area (Å²) in [6, 6.07) is 0. The van der Waals surface area contributed by atoms with Crippen molar-refractivity contribution in [2.24, 2.45) is 0 Å². The fourth-order valence-corrected chi connectivity index (χ4v) is 0.450. The fraction of sp³-hybridized carbons (Fsp3) is 1.00. The highest BCUT2D eigenvalue weighted by atomic mass is 16.7. The van der Waals surface area contributed by atoms with Crippen molar-refractivity contribution in [3.8, 4) is 0 Å². The van der Waals surface area contributed by atoms with Gasteiger partial charge in [0.15, 0.2) is 0 Å². The van der Waals surface area contributed by atoms with Crippen LogP contribution in [0.5, 0.6) is 0 Å². The maximum absolute atomic E-state index is 5.10. The first-order valence-corrected chi connectivity index (χ1v) is 3.06. The summed E-state index contributed by atoms with van der Waals surface area (Å²) >= 11 is 0. The van der Waals surface area contributed by atoms with Crippen LogP contribution in [0.15, 0.2) is 0 Å². The summed E-state index contributed by atoms with van der Waals surface area (Å²) < 4.78 is 4.83. The Labute approximate surface area is 56.5 Å². The third kappa shape index (κ3) is 7.88. The zero-order valence-corrected chi connectivity index (χ0v) is 6.39. The molecule has 0 aliphatic heterocycles. The molecule has 3 nitrogen and oxygen atoms in total. The fourth-order valence-electron chi connectivity index (χ4n) is 0.450. The molecule has 0 saturated heterocycles. The number of nitrogens with zero attached hydrogens (tertiary/aromatic N) is 1. The SMILES string of the molecule is COCCCON(C)C. The van der Waals surface area contributed by atoms with Crippen LogP contribution in [-0.4, -0.2) is 39.5 Å². The van der Waals surface area contributed by atoms with Crippen LogP contribution in [-0.2, 0) is 9.57 Å². The number of hydrogen-bond donors (Lipinski definition) is 0. The van der Waals surface area contributed by atoms with Gasteiger partial charge in [-0.15, -0.1) is 0 Å². The molecule has 0 unspecified atom stereocenters. The molecule has 0 atom stereocenters. The van der Waals surface area contributed by atoms with Gasteiger partial charge in [0.2, 0.25) is 0 Å². The molecule has 0 aliphatic carbocycles. The van der Waals surface area contributed by atoms with Crippen LogP contribution in [0.25, 0.3) is 0 Å². The Morgan fingerprint density at radius 3 is 2.33 bits per heavy atom. The van der Waals surface area contributed by atoms with Gasteiger partial charge in [0.25, 0.3) is 0 Å². The molecule has 0 aromatic rings. The molecule has 0 amide bonds. The van der Waals surface area contributed by atoms with Crippen LogP contribution in [0.3, 0.4) is 0 Å². The molecule has 0 saturated carbocycles. The molecule has 0 spiro atoms. The van der Waals surface area contributed by atoms with Gasteiger partial charge in [0.05, 0.1) is 6.61 Å². The van der Waals surface area contributed by atoms with E-state index in [4.69, 9.17) is 9.57 Å². The van der Waals surface area contributed by atoms with E-state index in [1.807, 2.05) is 14.1 Å². The molecule has 0 fully saturated rings. The van der Waals surface area contributed by atoms with Crippen LogP contribution in [0.2, 0.25) is 0 Å². The molecule has 0 bridgehead atoms. The second kappa shape index (κ2) is 6.01. The predicted molar refractivity (Wildman–Crippen MR) is 36.1 cm³/mol. The Bertz CT molecular complexity index is 57.0. The van der Waals surface area contributed by atoms with Crippen molar-refractivity contribution in [2.75, 3.05) is 34.4 Å². The van der Waals surface area contributed by atoms with Crippen molar-refractivity contribution in [1.82, 2.24) is 5.06 Å². The molecule has 0 aliphatic rings. The minimum atomic E-state index is 0.737. The van der Waals surface area contributed by atoms with Gasteiger partial charge >= 0.3 is 0 Å². The van der Waals surface area contributed by atoms with Crippen LogP contribution >= 0.6 is 0 Å². The lowest BCUT2D eigenvalue weighted by molar-refractivity contribution is -0.122. The lowest BCUT2D eigenvalue weighted by atomic mass is 10.5. The van der Waals surface area contributed by atoms with Gasteiger partial charge in [-0.3, -0.25) is 4.84 Å². The third-order valence-corrected chi connectivity index (χ3v) is 0.842. The number of ether oxygens (including phenoxy) is 1. The van der Waals surface area contributed by atoms with Crippen molar-refractivity contribution in [2.45, 2.75) is 6.42 Å². The Hall–Kier alpha value is -0.120. The number of hydrogen-bond acceptors (Lipinski definition) is 3. The van der Waals surface area contributed by atoms with E-state index in [9.17, 15) is 0 Å².